The van der Waals surface area contributed by atoms with Crippen LogP contribution in [0.3, 0.4) is 0 Å². The summed E-state index contributed by atoms with van der Waals surface area (Å²) in [7, 11) is -3.71. The largest absolute Gasteiger partial charge is 0.341 e. The van der Waals surface area contributed by atoms with Gasteiger partial charge in [-0.25, -0.2) is 12.8 Å². The minimum absolute atomic E-state index is 0.000434. The highest BCUT2D eigenvalue weighted by molar-refractivity contribution is 7.90. The number of hydrogen-bond acceptors (Lipinski definition) is 3. The zero-order valence-electron chi connectivity index (χ0n) is 16.1. The monoisotopic (exact) mass is 414 g/mol. The lowest BCUT2D eigenvalue weighted by Gasteiger charge is -2.27. The number of fused-ring (bicyclic) bond motifs is 1. The van der Waals surface area contributed by atoms with Crippen LogP contribution in [0.4, 0.5) is 4.39 Å². The maximum absolute atomic E-state index is 13.5. The maximum Gasteiger partial charge on any atom is 0.242 e. The van der Waals surface area contributed by atoms with Crippen LogP contribution in [0.5, 0.6) is 0 Å². The number of hydrogen-bond donors (Lipinski definition) is 0. The van der Waals surface area contributed by atoms with Gasteiger partial charge in [-0.15, -0.1) is 0 Å². The van der Waals surface area contributed by atoms with Gasteiger partial charge in [0.05, 0.1) is 10.6 Å². The normalized spacial score (nSPS) is 15.0. The molecule has 152 valence electrons. The molecular weight excluding hydrogens is 391 g/mol. The van der Waals surface area contributed by atoms with Gasteiger partial charge in [0.25, 0.3) is 0 Å². The summed E-state index contributed by atoms with van der Waals surface area (Å²) in [5, 5.41) is 0.579. The number of aromatic nitrogens is 1. The average molecular weight is 415 g/mol. The zero-order valence-corrected chi connectivity index (χ0v) is 16.9. The van der Waals surface area contributed by atoms with Crippen molar-refractivity contribution in [3.63, 3.8) is 0 Å². The first-order valence-electron chi connectivity index (χ1n) is 9.77. The van der Waals surface area contributed by atoms with Crippen molar-refractivity contribution in [1.29, 1.82) is 0 Å². The maximum atomic E-state index is 13.5. The summed E-state index contributed by atoms with van der Waals surface area (Å²) in [5.74, 6) is -0.759. The van der Waals surface area contributed by atoms with Gasteiger partial charge < -0.3 is 9.47 Å². The molecule has 0 spiro atoms. The molecule has 0 bridgehead atoms. The second-order valence-electron chi connectivity index (χ2n) is 7.47. The summed E-state index contributed by atoms with van der Waals surface area (Å²) < 4.78 is 41.4. The third kappa shape index (κ3) is 4.19. The quantitative estimate of drug-likeness (QED) is 0.639. The highest BCUT2D eigenvalue weighted by Gasteiger charge is 2.24. The molecule has 0 unspecified atom stereocenters. The summed E-state index contributed by atoms with van der Waals surface area (Å²) in [5.41, 5.74) is 1.10. The van der Waals surface area contributed by atoms with Crippen molar-refractivity contribution in [2.75, 3.05) is 13.1 Å². The van der Waals surface area contributed by atoms with Crippen LogP contribution in [0.2, 0.25) is 0 Å². The number of carbonyl (C=O) groups is 1. The number of likely N-dealkylation sites (tertiary alicyclic amines) is 1. The molecule has 0 atom stereocenters. The lowest BCUT2D eigenvalue weighted by Crippen LogP contribution is -2.37. The van der Waals surface area contributed by atoms with E-state index in [4.69, 9.17) is 0 Å². The third-order valence-corrected chi connectivity index (χ3v) is 7.06. The van der Waals surface area contributed by atoms with Crippen molar-refractivity contribution < 1.29 is 17.6 Å². The highest BCUT2D eigenvalue weighted by atomic mass is 32.2. The molecular formula is C22H23FN2O3S. The van der Waals surface area contributed by atoms with Crippen molar-refractivity contribution in [3.8, 4) is 0 Å². The van der Waals surface area contributed by atoms with Gasteiger partial charge in [-0.2, -0.15) is 0 Å². The van der Waals surface area contributed by atoms with Crippen molar-refractivity contribution in [2.45, 2.75) is 36.5 Å². The second-order valence-corrected chi connectivity index (χ2v) is 9.43. The fourth-order valence-corrected chi connectivity index (χ4v) is 5.47. The molecule has 1 aliphatic rings. The van der Waals surface area contributed by atoms with E-state index in [0.29, 0.717) is 16.5 Å². The smallest absolute Gasteiger partial charge is 0.242 e. The first kappa shape index (κ1) is 19.6. The summed E-state index contributed by atoms with van der Waals surface area (Å²) in [6.45, 7) is 1.61. The Hall–Kier alpha value is -2.67. The summed E-state index contributed by atoms with van der Waals surface area (Å²) in [4.78, 5) is 14.7. The van der Waals surface area contributed by atoms with Crippen LogP contribution in [0.15, 0.2) is 59.6 Å². The Morgan fingerprint density at radius 1 is 1.00 bits per heavy atom. The Balaban J connectivity index is 1.67. The minimum atomic E-state index is -3.71. The van der Waals surface area contributed by atoms with Crippen molar-refractivity contribution in [3.05, 3.63) is 66.1 Å². The molecule has 1 fully saturated rings. The molecule has 1 aromatic heterocycles. The van der Waals surface area contributed by atoms with Crippen LogP contribution in [0, 0.1) is 5.82 Å². The molecule has 5 nitrogen and oxygen atoms in total. The summed E-state index contributed by atoms with van der Waals surface area (Å²) in [6, 6.07) is 12.8. The number of halogens is 1. The predicted octanol–water partition coefficient (Wildman–Crippen LogP) is 3.77. The minimum Gasteiger partial charge on any atom is -0.341 e. The van der Waals surface area contributed by atoms with Crippen molar-refractivity contribution in [2.24, 2.45) is 0 Å². The number of benzene rings is 2. The van der Waals surface area contributed by atoms with Gasteiger partial charge in [-0.1, -0.05) is 30.3 Å². The summed E-state index contributed by atoms with van der Waals surface area (Å²) >= 11 is 0. The molecule has 1 amide bonds. The highest BCUT2D eigenvalue weighted by Crippen LogP contribution is 2.28. The van der Waals surface area contributed by atoms with Crippen LogP contribution in [0.1, 0.15) is 24.8 Å². The van der Waals surface area contributed by atoms with Gasteiger partial charge in [0, 0.05) is 30.2 Å². The third-order valence-electron chi connectivity index (χ3n) is 5.35. The van der Waals surface area contributed by atoms with E-state index < -0.39 is 15.7 Å². The first-order chi connectivity index (χ1) is 13.9. The van der Waals surface area contributed by atoms with E-state index >= 15 is 0 Å². The average Bonchev–Trinajstić information content (AvgIpc) is 3.08. The number of piperidine rings is 1. The van der Waals surface area contributed by atoms with Gasteiger partial charge >= 0.3 is 0 Å². The number of nitrogens with zero attached hydrogens (tertiary/aromatic N) is 2. The molecule has 0 N–H and O–H groups in total. The molecule has 7 heteroatoms. The fraction of sp³-hybridized carbons (Fsp3) is 0.318. The topological polar surface area (TPSA) is 59.4 Å². The summed E-state index contributed by atoms with van der Waals surface area (Å²) in [6.07, 6.45) is 4.69. The lowest BCUT2D eigenvalue weighted by atomic mass is 10.1. The predicted molar refractivity (Wildman–Crippen MR) is 110 cm³/mol. The zero-order chi connectivity index (χ0) is 20.4. The van der Waals surface area contributed by atoms with Crippen LogP contribution >= 0.6 is 0 Å². The molecule has 0 saturated carbocycles. The van der Waals surface area contributed by atoms with Crippen molar-refractivity contribution >= 4 is 26.6 Å². The first-order valence-corrected chi connectivity index (χ1v) is 11.4. The van der Waals surface area contributed by atoms with Gasteiger partial charge in [-0.3, -0.25) is 4.79 Å². The van der Waals surface area contributed by atoms with E-state index in [0.717, 1.165) is 32.4 Å². The number of sulfone groups is 1. The fourth-order valence-electron chi connectivity index (χ4n) is 3.90. The molecule has 4 rings (SSSR count). The lowest BCUT2D eigenvalue weighted by molar-refractivity contribution is -0.132. The van der Waals surface area contributed by atoms with Gasteiger partial charge in [-0.05, 0) is 43.0 Å². The Bertz CT molecular complexity index is 1150. The van der Waals surface area contributed by atoms with Crippen LogP contribution in [0.25, 0.3) is 10.9 Å². The van der Waals surface area contributed by atoms with Gasteiger partial charge in [0.2, 0.25) is 5.91 Å². The van der Waals surface area contributed by atoms with Crippen molar-refractivity contribution in [1.82, 2.24) is 9.47 Å². The Labute approximate surface area is 169 Å². The standard InChI is InChI=1S/C22H23FN2O3S/c23-18-8-6-7-17(13-18)16-29(27,28)21-14-25(20-10-3-2-9-19(20)21)15-22(26)24-11-4-1-5-12-24/h2-3,6-10,13-14H,1,4-5,11-12,15-16H2. The van der Waals surface area contributed by atoms with E-state index in [9.17, 15) is 17.6 Å². The Morgan fingerprint density at radius 2 is 1.76 bits per heavy atom. The number of para-hydroxylation sites is 1. The molecule has 1 saturated heterocycles. The van der Waals surface area contributed by atoms with Crippen LogP contribution < -0.4 is 0 Å². The Morgan fingerprint density at radius 3 is 2.52 bits per heavy atom. The molecule has 2 heterocycles. The molecule has 0 radical (unpaired) electrons. The van der Waals surface area contributed by atoms with E-state index in [1.54, 1.807) is 29.0 Å². The van der Waals surface area contributed by atoms with E-state index in [-0.39, 0.29) is 23.1 Å². The van der Waals surface area contributed by atoms with Gasteiger partial charge in [0.15, 0.2) is 9.84 Å². The van der Waals surface area contributed by atoms with E-state index in [2.05, 4.69) is 0 Å². The number of rotatable bonds is 5. The van der Waals surface area contributed by atoms with Crippen LogP contribution in [-0.2, 0) is 26.9 Å². The molecule has 29 heavy (non-hydrogen) atoms. The van der Waals surface area contributed by atoms with Crippen LogP contribution in [-0.4, -0.2) is 36.9 Å². The second kappa shape index (κ2) is 7.99. The molecule has 2 aromatic carbocycles. The Kier molecular flexibility index (Phi) is 5.41. The molecule has 3 aromatic rings. The van der Waals surface area contributed by atoms with E-state index in [1.807, 2.05) is 17.0 Å². The number of amides is 1. The SMILES string of the molecule is O=C(Cn1cc(S(=O)(=O)Cc2cccc(F)c2)c2ccccc21)N1CCCCC1. The van der Waals surface area contributed by atoms with E-state index in [1.165, 1.54) is 18.2 Å². The molecule has 1 aliphatic heterocycles. The number of carbonyl (C=O) groups excluding carboxylic acids is 1. The van der Waals surface area contributed by atoms with Gasteiger partial charge in [0.1, 0.15) is 12.4 Å². The molecule has 0 aliphatic carbocycles.